The van der Waals surface area contributed by atoms with Gasteiger partial charge >= 0.3 is 0 Å². The maximum Gasteiger partial charge on any atom is 0.134 e. The Balaban J connectivity index is 1.83. The van der Waals surface area contributed by atoms with E-state index < -0.39 is 0 Å². The number of furan rings is 1. The van der Waals surface area contributed by atoms with Gasteiger partial charge in [0, 0.05) is 16.5 Å². The van der Waals surface area contributed by atoms with E-state index >= 15 is 0 Å². The molecule has 4 nitrogen and oxygen atoms in total. The van der Waals surface area contributed by atoms with Gasteiger partial charge in [-0.15, -0.1) is 0 Å². The molecule has 1 unspecified atom stereocenters. The number of hydrogen-bond donors (Lipinski definition) is 2. The Bertz CT molecular complexity index is 541. The summed E-state index contributed by atoms with van der Waals surface area (Å²) in [6, 6.07) is 8.24. The minimum atomic E-state index is 0.0817. The quantitative estimate of drug-likeness (QED) is 0.723. The van der Waals surface area contributed by atoms with Crippen molar-refractivity contribution < 1.29 is 14.3 Å². The molecule has 2 rings (SSSR count). The van der Waals surface area contributed by atoms with Crippen LogP contribution in [0, 0.1) is 0 Å². The number of aliphatic hydroxyl groups is 1. The number of benzene rings is 1. The van der Waals surface area contributed by atoms with Crippen LogP contribution in [-0.4, -0.2) is 31.5 Å². The summed E-state index contributed by atoms with van der Waals surface area (Å²) in [4.78, 5) is 0. The van der Waals surface area contributed by atoms with E-state index in [0.717, 1.165) is 34.2 Å². The molecule has 5 heteroatoms. The van der Waals surface area contributed by atoms with Crippen LogP contribution in [0.25, 0.3) is 11.0 Å². The highest BCUT2D eigenvalue weighted by Gasteiger charge is 2.10. The predicted molar refractivity (Wildman–Crippen MR) is 82.9 cm³/mol. The number of fused-ring (bicyclic) bond motifs is 1. The van der Waals surface area contributed by atoms with Crippen molar-refractivity contribution in [2.45, 2.75) is 19.4 Å². The standard InChI is InChI=1S/C15H20BrNO3/c1-11(17-5-2-7-19-8-6-18)15-10-12-9-13(16)3-4-14(12)20-15/h3-4,9-11,17-18H,2,5-8H2,1H3. The highest BCUT2D eigenvalue weighted by atomic mass is 79.9. The molecule has 20 heavy (non-hydrogen) atoms. The molecular formula is C15H20BrNO3. The zero-order valence-corrected chi connectivity index (χ0v) is 13.1. The Morgan fingerprint density at radius 1 is 1.35 bits per heavy atom. The third kappa shape index (κ3) is 4.31. The van der Waals surface area contributed by atoms with Gasteiger partial charge in [-0.05, 0) is 44.2 Å². The summed E-state index contributed by atoms with van der Waals surface area (Å²) < 4.78 is 12.1. The smallest absolute Gasteiger partial charge is 0.134 e. The summed E-state index contributed by atoms with van der Waals surface area (Å²) in [5.41, 5.74) is 0.906. The topological polar surface area (TPSA) is 54.6 Å². The predicted octanol–water partition coefficient (Wildman–Crippen LogP) is 3.24. The molecule has 0 fully saturated rings. The molecular weight excluding hydrogens is 322 g/mol. The lowest BCUT2D eigenvalue weighted by atomic mass is 10.2. The second-order valence-corrected chi connectivity index (χ2v) is 5.61. The van der Waals surface area contributed by atoms with Crippen LogP contribution in [0.5, 0.6) is 0 Å². The average molecular weight is 342 g/mol. The van der Waals surface area contributed by atoms with E-state index in [1.54, 1.807) is 0 Å². The highest BCUT2D eigenvalue weighted by molar-refractivity contribution is 9.10. The summed E-state index contributed by atoms with van der Waals surface area (Å²) in [5, 5.41) is 13.1. The fourth-order valence-corrected chi connectivity index (χ4v) is 2.39. The molecule has 110 valence electrons. The Labute approximate surface area is 127 Å². The number of ether oxygens (including phenoxy) is 1. The van der Waals surface area contributed by atoms with Gasteiger partial charge in [-0.1, -0.05) is 15.9 Å². The lowest BCUT2D eigenvalue weighted by molar-refractivity contribution is 0.0903. The van der Waals surface area contributed by atoms with Crippen LogP contribution in [0.2, 0.25) is 0 Å². The van der Waals surface area contributed by atoms with Crippen molar-refractivity contribution >= 4 is 26.9 Å². The van der Waals surface area contributed by atoms with E-state index in [0.29, 0.717) is 13.2 Å². The Kier molecular flexibility index (Phi) is 6.04. The molecule has 0 aliphatic heterocycles. The van der Waals surface area contributed by atoms with E-state index in [1.807, 2.05) is 12.1 Å². The van der Waals surface area contributed by atoms with Crippen LogP contribution >= 0.6 is 15.9 Å². The summed E-state index contributed by atoms with van der Waals surface area (Å²) in [7, 11) is 0. The molecule has 1 heterocycles. The molecule has 0 amide bonds. The van der Waals surface area contributed by atoms with Crippen LogP contribution in [0.3, 0.4) is 0 Å². The summed E-state index contributed by atoms with van der Waals surface area (Å²) in [6.07, 6.45) is 0.913. The summed E-state index contributed by atoms with van der Waals surface area (Å²) in [5.74, 6) is 0.939. The largest absolute Gasteiger partial charge is 0.459 e. The van der Waals surface area contributed by atoms with E-state index in [2.05, 4.69) is 40.3 Å². The third-order valence-corrected chi connectivity index (χ3v) is 3.57. The van der Waals surface area contributed by atoms with Crippen molar-refractivity contribution in [1.82, 2.24) is 5.32 Å². The molecule has 0 radical (unpaired) electrons. The molecule has 0 saturated carbocycles. The van der Waals surface area contributed by atoms with Gasteiger partial charge in [0.05, 0.1) is 19.3 Å². The van der Waals surface area contributed by atoms with Gasteiger partial charge in [-0.2, -0.15) is 0 Å². The molecule has 0 spiro atoms. The molecule has 1 atom stereocenters. The van der Waals surface area contributed by atoms with Crippen molar-refractivity contribution in [2.75, 3.05) is 26.4 Å². The lowest BCUT2D eigenvalue weighted by Crippen LogP contribution is -2.20. The van der Waals surface area contributed by atoms with Crippen LogP contribution in [0.4, 0.5) is 0 Å². The molecule has 2 N–H and O–H groups in total. The zero-order chi connectivity index (χ0) is 14.4. The first-order valence-corrected chi connectivity index (χ1v) is 7.61. The van der Waals surface area contributed by atoms with Crippen molar-refractivity contribution in [3.8, 4) is 0 Å². The second-order valence-electron chi connectivity index (χ2n) is 4.70. The molecule has 0 saturated heterocycles. The van der Waals surface area contributed by atoms with Crippen molar-refractivity contribution in [3.63, 3.8) is 0 Å². The van der Waals surface area contributed by atoms with Crippen LogP contribution in [-0.2, 0) is 4.74 Å². The third-order valence-electron chi connectivity index (χ3n) is 3.08. The van der Waals surface area contributed by atoms with Gasteiger partial charge in [-0.3, -0.25) is 0 Å². The van der Waals surface area contributed by atoms with Gasteiger partial charge < -0.3 is 19.6 Å². The fourth-order valence-electron chi connectivity index (χ4n) is 2.01. The molecule has 1 aromatic heterocycles. The van der Waals surface area contributed by atoms with Crippen LogP contribution in [0.1, 0.15) is 25.1 Å². The van der Waals surface area contributed by atoms with E-state index in [-0.39, 0.29) is 12.6 Å². The first-order valence-electron chi connectivity index (χ1n) is 6.81. The Morgan fingerprint density at radius 3 is 3.00 bits per heavy atom. The number of rotatable bonds is 8. The van der Waals surface area contributed by atoms with Crippen LogP contribution < -0.4 is 5.32 Å². The van der Waals surface area contributed by atoms with Crippen molar-refractivity contribution in [2.24, 2.45) is 0 Å². The maximum atomic E-state index is 8.59. The van der Waals surface area contributed by atoms with Gasteiger partial charge in [0.1, 0.15) is 11.3 Å². The maximum absolute atomic E-state index is 8.59. The number of hydrogen-bond acceptors (Lipinski definition) is 4. The number of aliphatic hydroxyl groups excluding tert-OH is 1. The molecule has 0 bridgehead atoms. The van der Waals surface area contributed by atoms with E-state index in [4.69, 9.17) is 14.3 Å². The van der Waals surface area contributed by atoms with Gasteiger partial charge in [0.25, 0.3) is 0 Å². The zero-order valence-electron chi connectivity index (χ0n) is 11.6. The molecule has 0 aliphatic carbocycles. The Hall–Kier alpha value is -0.880. The van der Waals surface area contributed by atoms with Crippen LogP contribution in [0.15, 0.2) is 33.2 Å². The second kappa shape index (κ2) is 7.78. The highest BCUT2D eigenvalue weighted by Crippen LogP contribution is 2.26. The van der Waals surface area contributed by atoms with E-state index in [9.17, 15) is 0 Å². The van der Waals surface area contributed by atoms with Gasteiger partial charge in [-0.25, -0.2) is 0 Å². The van der Waals surface area contributed by atoms with E-state index in [1.165, 1.54) is 0 Å². The first kappa shape index (κ1) is 15.5. The van der Waals surface area contributed by atoms with Crippen molar-refractivity contribution in [1.29, 1.82) is 0 Å². The minimum absolute atomic E-state index is 0.0817. The summed E-state index contributed by atoms with van der Waals surface area (Å²) in [6.45, 7) is 4.09. The monoisotopic (exact) mass is 341 g/mol. The SMILES string of the molecule is CC(NCCCOCCO)c1cc2cc(Br)ccc2o1. The number of nitrogens with one attached hydrogen (secondary N) is 1. The average Bonchev–Trinajstić information content (AvgIpc) is 2.85. The fraction of sp³-hybridized carbons (Fsp3) is 0.467. The van der Waals surface area contributed by atoms with Crippen molar-refractivity contribution in [3.05, 3.63) is 34.5 Å². The Morgan fingerprint density at radius 2 is 2.20 bits per heavy atom. The normalized spacial score (nSPS) is 12.9. The lowest BCUT2D eigenvalue weighted by Gasteiger charge is -2.10. The van der Waals surface area contributed by atoms with Gasteiger partial charge in [0.15, 0.2) is 0 Å². The number of halogens is 1. The molecule has 0 aliphatic rings. The summed E-state index contributed by atoms with van der Waals surface area (Å²) >= 11 is 3.46. The van der Waals surface area contributed by atoms with Gasteiger partial charge in [0.2, 0.25) is 0 Å². The molecule has 1 aromatic carbocycles. The first-order chi connectivity index (χ1) is 9.70. The molecule has 2 aromatic rings. The minimum Gasteiger partial charge on any atom is -0.459 e.